The van der Waals surface area contributed by atoms with E-state index in [1.54, 1.807) is 0 Å². The maximum absolute atomic E-state index is 12.5. The van der Waals surface area contributed by atoms with Gasteiger partial charge in [0.15, 0.2) is 5.78 Å². The quantitative estimate of drug-likeness (QED) is 0.793. The zero-order chi connectivity index (χ0) is 15.8. The summed E-state index contributed by atoms with van der Waals surface area (Å²) < 4.78 is 6.49. The van der Waals surface area contributed by atoms with E-state index in [2.05, 4.69) is 39.0 Å². The van der Waals surface area contributed by atoms with E-state index in [-0.39, 0.29) is 5.78 Å². The molecule has 0 N–H and O–H groups in total. The zero-order valence-corrected chi connectivity index (χ0v) is 14.4. The summed E-state index contributed by atoms with van der Waals surface area (Å²) in [5, 5.41) is 0. The summed E-state index contributed by atoms with van der Waals surface area (Å²) in [5.74, 6) is 0.175. The van der Waals surface area contributed by atoms with Crippen LogP contribution in [0.1, 0.15) is 18.4 Å². The summed E-state index contributed by atoms with van der Waals surface area (Å²) in [5.41, 5.74) is 5.71. The highest BCUT2D eigenvalue weighted by Crippen LogP contribution is 2.41. The number of morpholine rings is 1. The predicted octanol–water partition coefficient (Wildman–Crippen LogP) is 3.72. The highest BCUT2D eigenvalue weighted by atomic mass is 79.9. The minimum absolute atomic E-state index is 0.175. The van der Waals surface area contributed by atoms with Gasteiger partial charge in [0, 0.05) is 41.3 Å². The molecule has 1 fully saturated rings. The molecular formula is C19H18BrNO2. The van der Waals surface area contributed by atoms with Gasteiger partial charge in [-0.2, -0.15) is 0 Å². The third-order valence-electron chi connectivity index (χ3n) is 4.71. The second-order valence-electron chi connectivity index (χ2n) is 6.07. The third kappa shape index (κ3) is 2.81. The number of hydrogen-bond donors (Lipinski definition) is 0. The van der Waals surface area contributed by atoms with Crippen molar-refractivity contribution in [1.82, 2.24) is 4.90 Å². The van der Waals surface area contributed by atoms with Gasteiger partial charge in [-0.3, -0.25) is 4.79 Å². The number of benzene rings is 1. The maximum atomic E-state index is 12.5. The summed E-state index contributed by atoms with van der Waals surface area (Å²) in [6, 6.07) is 8.31. The lowest BCUT2D eigenvalue weighted by Gasteiger charge is -2.33. The minimum atomic E-state index is 0.175. The van der Waals surface area contributed by atoms with Crippen LogP contribution in [-0.2, 0) is 9.53 Å². The molecule has 3 nitrogen and oxygen atoms in total. The van der Waals surface area contributed by atoms with Gasteiger partial charge in [0.2, 0.25) is 0 Å². The molecule has 118 valence electrons. The van der Waals surface area contributed by atoms with E-state index in [1.165, 1.54) is 16.7 Å². The van der Waals surface area contributed by atoms with E-state index in [9.17, 15) is 4.79 Å². The van der Waals surface area contributed by atoms with Crippen molar-refractivity contribution in [1.29, 1.82) is 0 Å². The predicted molar refractivity (Wildman–Crippen MR) is 93.9 cm³/mol. The Morgan fingerprint density at radius 1 is 1.13 bits per heavy atom. The molecule has 4 heteroatoms. The van der Waals surface area contributed by atoms with Crippen LogP contribution < -0.4 is 0 Å². The number of ketones is 1. The van der Waals surface area contributed by atoms with Gasteiger partial charge in [-0.1, -0.05) is 34.1 Å². The highest BCUT2D eigenvalue weighted by Gasteiger charge is 2.29. The van der Waals surface area contributed by atoms with Crippen LogP contribution in [0.25, 0.3) is 5.57 Å². The van der Waals surface area contributed by atoms with Crippen molar-refractivity contribution in [3.63, 3.8) is 0 Å². The number of hydrogen-bond acceptors (Lipinski definition) is 3. The number of nitrogens with zero attached hydrogens (tertiary/aromatic N) is 1. The molecule has 0 atom stereocenters. The third-order valence-corrected chi connectivity index (χ3v) is 5.20. The molecule has 0 aromatic heterocycles. The molecule has 2 aliphatic carbocycles. The normalized spacial score (nSPS) is 21.3. The topological polar surface area (TPSA) is 29.5 Å². The Labute approximate surface area is 144 Å². The Balaban J connectivity index is 1.63. The van der Waals surface area contributed by atoms with Crippen molar-refractivity contribution in [3.8, 4) is 0 Å². The lowest BCUT2D eigenvalue weighted by Crippen LogP contribution is -2.36. The molecule has 23 heavy (non-hydrogen) atoms. The van der Waals surface area contributed by atoms with Crippen molar-refractivity contribution >= 4 is 27.3 Å². The van der Waals surface area contributed by atoms with E-state index in [4.69, 9.17) is 4.74 Å². The average molecular weight is 372 g/mol. The summed E-state index contributed by atoms with van der Waals surface area (Å²) in [7, 11) is 0. The zero-order valence-electron chi connectivity index (χ0n) is 12.8. The van der Waals surface area contributed by atoms with Crippen LogP contribution in [0, 0.1) is 0 Å². The summed E-state index contributed by atoms with van der Waals surface area (Å²) in [6.45, 7) is 3.23. The van der Waals surface area contributed by atoms with E-state index < -0.39 is 0 Å². The molecule has 0 amide bonds. The number of carbonyl (C=O) groups excluding carboxylic acids is 1. The van der Waals surface area contributed by atoms with Gasteiger partial charge in [-0.05, 0) is 35.3 Å². The molecule has 3 aliphatic rings. The second kappa shape index (κ2) is 6.10. The largest absolute Gasteiger partial charge is 0.378 e. The van der Waals surface area contributed by atoms with Crippen LogP contribution >= 0.6 is 15.9 Å². The first-order chi connectivity index (χ1) is 11.2. The summed E-state index contributed by atoms with van der Waals surface area (Å²) >= 11 is 3.54. The molecule has 0 unspecified atom stereocenters. The van der Waals surface area contributed by atoms with Gasteiger partial charge in [0.05, 0.1) is 13.2 Å². The molecule has 1 saturated heterocycles. The summed E-state index contributed by atoms with van der Waals surface area (Å²) in [6.07, 6.45) is 5.63. The molecule has 1 heterocycles. The second-order valence-corrected chi connectivity index (χ2v) is 6.98. The van der Waals surface area contributed by atoms with Crippen LogP contribution in [0.3, 0.4) is 0 Å². The number of allylic oxidation sites excluding steroid dienone is 5. The van der Waals surface area contributed by atoms with E-state index in [0.717, 1.165) is 54.9 Å². The first kappa shape index (κ1) is 14.9. The van der Waals surface area contributed by atoms with Gasteiger partial charge in [0.25, 0.3) is 0 Å². The van der Waals surface area contributed by atoms with Gasteiger partial charge in [-0.25, -0.2) is 0 Å². The van der Waals surface area contributed by atoms with Gasteiger partial charge < -0.3 is 9.64 Å². The SMILES string of the molecule is O=C1C=C(N2CCOCC2)CC2=C1CC=C2c1cccc(Br)c1. The molecule has 1 aliphatic heterocycles. The van der Waals surface area contributed by atoms with Crippen molar-refractivity contribution < 1.29 is 9.53 Å². The molecule has 0 spiro atoms. The van der Waals surface area contributed by atoms with E-state index in [0.29, 0.717) is 0 Å². The van der Waals surface area contributed by atoms with Crippen molar-refractivity contribution in [2.45, 2.75) is 12.8 Å². The Bertz CT molecular complexity index is 754. The van der Waals surface area contributed by atoms with Crippen LogP contribution in [0.4, 0.5) is 0 Å². The van der Waals surface area contributed by atoms with E-state index >= 15 is 0 Å². The first-order valence-electron chi connectivity index (χ1n) is 7.98. The van der Waals surface area contributed by atoms with Crippen LogP contribution in [0.2, 0.25) is 0 Å². The average Bonchev–Trinajstić information content (AvgIpc) is 3.00. The maximum Gasteiger partial charge on any atom is 0.184 e. The van der Waals surface area contributed by atoms with Crippen LogP contribution in [0.15, 0.2) is 57.7 Å². The Kier molecular flexibility index (Phi) is 3.95. The molecule has 1 aromatic rings. The van der Waals surface area contributed by atoms with Crippen LogP contribution in [0.5, 0.6) is 0 Å². The first-order valence-corrected chi connectivity index (χ1v) is 8.78. The number of carbonyl (C=O) groups is 1. The Morgan fingerprint density at radius 3 is 2.74 bits per heavy atom. The molecule has 4 rings (SSSR count). The Morgan fingerprint density at radius 2 is 1.96 bits per heavy atom. The smallest absolute Gasteiger partial charge is 0.184 e. The van der Waals surface area contributed by atoms with Crippen molar-refractivity contribution in [3.05, 3.63) is 63.3 Å². The molecule has 0 radical (unpaired) electrons. The fraction of sp³-hybridized carbons (Fsp3) is 0.316. The monoisotopic (exact) mass is 371 g/mol. The van der Waals surface area contributed by atoms with Crippen molar-refractivity contribution in [2.24, 2.45) is 0 Å². The molecule has 1 aromatic carbocycles. The standard InChI is InChI=1S/C19H18BrNO2/c20-14-3-1-2-13(10-14)16-4-5-17-18(16)11-15(12-19(17)22)21-6-8-23-9-7-21/h1-4,10,12H,5-9,11H2. The number of rotatable bonds is 2. The number of halogens is 1. The lowest BCUT2D eigenvalue weighted by atomic mass is 9.89. The van der Waals surface area contributed by atoms with E-state index in [1.807, 2.05) is 18.2 Å². The van der Waals surface area contributed by atoms with Gasteiger partial charge >= 0.3 is 0 Å². The molecular weight excluding hydrogens is 354 g/mol. The number of ether oxygens (including phenoxy) is 1. The van der Waals surface area contributed by atoms with Crippen LogP contribution in [-0.4, -0.2) is 37.0 Å². The lowest BCUT2D eigenvalue weighted by molar-refractivity contribution is -0.111. The van der Waals surface area contributed by atoms with Crippen molar-refractivity contribution in [2.75, 3.05) is 26.3 Å². The molecule has 0 saturated carbocycles. The fourth-order valence-corrected chi connectivity index (χ4v) is 3.94. The van der Waals surface area contributed by atoms with Gasteiger partial charge in [-0.15, -0.1) is 0 Å². The highest BCUT2D eigenvalue weighted by molar-refractivity contribution is 9.10. The Hall–Kier alpha value is -1.65. The van der Waals surface area contributed by atoms with Gasteiger partial charge in [0.1, 0.15) is 0 Å². The molecule has 0 bridgehead atoms. The fourth-order valence-electron chi connectivity index (χ4n) is 3.54. The summed E-state index contributed by atoms with van der Waals surface area (Å²) in [4.78, 5) is 14.8. The minimum Gasteiger partial charge on any atom is -0.378 e.